The van der Waals surface area contributed by atoms with Crippen molar-refractivity contribution in [3.05, 3.63) is 0 Å². The van der Waals surface area contributed by atoms with Gasteiger partial charge in [-0.15, -0.1) is 0 Å². The Balaban J connectivity index is 2.07. The molecule has 1 rings (SSSR count). The molecule has 0 spiro atoms. The van der Waals surface area contributed by atoms with E-state index in [1.807, 2.05) is 0 Å². The Morgan fingerprint density at radius 1 is 1.33 bits per heavy atom. The van der Waals surface area contributed by atoms with E-state index in [0.717, 1.165) is 18.6 Å². The lowest BCUT2D eigenvalue weighted by Gasteiger charge is -2.10. The van der Waals surface area contributed by atoms with Crippen LogP contribution in [0.15, 0.2) is 0 Å². The molecular formula is C10H16N2O5S. The molecule has 0 aromatic rings. The van der Waals surface area contributed by atoms with Gasteiger partial charge in [-0.25, -0.2) is 9.59 Å². The predicted octanol–water partition coefficient (Wildman–Crippen LogP) is -0.191. The van der Waals surface area contributed by atoms with E-state index in [2.05, 4.69) is 15.4 Å². The predicted molar refractivity (Wildman–Crippen MR) is 65.5 cm³/mol. The fourth-order valence-electron chi connectivity index (χ4n) is 1.45. The Hall–Kier alpha value is -1.28. The van der Waals surface area contributed by atoms with E-state index in [-0.39, 0.29) is 0 Å². The van der Waals surface area contributed by atoms with Crippen molar-refractivity contribution < 1.29 is 24.2 Å². The minimum atomic E-state index is -1.16. The summed E-state index contributed by atoms with van der Waals surface area (Å²) >= 11 is 1.80. The number of aliphatic carboxylic acids is 1. The van der Waals surface area contributed by atoms with E-state index in [1.165, 1.54) is 0 Å². The number of hydrogen-bond acceptors (Lipinski definition) is 5. The highest BCUT2D eigenvalue weighted by Crippen LogP contribution is 2.25. The van der Waals surface area contributed by atoms with E-state index in [1.54, 1.807) is 11.8 Å². The minimum absolute atomic E-state index is 0.411. The lowest BCUT2D eigenvalue weighted by molar-refractivity contribution is -0.143. The number of nitrogens with one attached hydrogen (secondary N) is 2. The van der Waals surface area contributed by atoms with Gasteiger partial charge in [0.25, 0.3) is 5.91 Å². The molecule has 0 saturated carbocycles. The first-order valence-corrected chi connectivity index (χ1v) is 6.61. The normalized spacial score (nSPS) is 18.3. The third kappa shape index (κ3) is 6.45. The highest BCUT2D eigenvalue weighted by molar-refractivity contribution is 8.00. The number of carbonyl (C=O) groups is 3. The van der Waals surface area contributed by atoms with Crippen LogP contribution in [0.2, 0.25) is 0 Å². The molecule has 0 bridgehead atoms. The molecule has 0 aliphatic carbocycles. The van der Waals surface area contributed by atoms with Gasteiger partial charge in [0.15, 0.2) is 0 Å². The van der Waals surface area contributed by atoms with Crippen LogP contribution in [-0.4, -0.2) is 53.8 Å². The summed E-state index contributed by atoms with van der Waals surface area (Å²) in [5.41, 5.74) is 0. The second kappa shape index (κ2) is 7.93. The Labute approximate surface area is 109 Å². The number of ether oxygens (including phenoxy) is 1. The molecule has 1 aliphatic rings. The number of thioether (sulfide) groups is 1. The number of carboxylic acid groups (broad SMARTS) is 1. The summed E-state index contributed by atoms with van der Waals surface area (Å²) in [6.45, 7) is -0.481. The van der Waals surface area contributed by atoms with Crippen LogP contribution in [-0.2, 0) is 14.3 Å². The molecule has 0 aromatic carbocycles. The van der Waals surface area contributed by atoms with Crippen LogP contribution in [0.1, 0.15) is 12.8 Å². The maximum atomic E-state index is 11.3. The van der Waals surface area contributed by atoms with Gasteiger partial charge < -0.3 is 15.2 Å². The summed E-state index contributed by atoms with van der Waals surface area (Å²) in [4.78, 5) is 32.5. The van der Waals surface area contributed by atoms with Crippen molar-refractivity contribution in [2.75, 3.05) is 25.5 Å². The molecule has 1 heterocycles. The summed E-state index contributed by atoms with van der Waals surface area (Å²) < 4.78 is 4.54. The molecule has 1 unspecified atom stereocenters. The van der Waals surface area contributed by atoms with Crippen LogP contribution in [0.4, 0.5) is 4.79 Å². The molecular weight excluding hydrogens is 260 g/mol. The lowest BCUT2D eigenvalue weighted by Crippen LogP contribution is -2.43. The Morgan fingerprint density at radius 2 is 2.11 bits per heavy atom. The standard InChI is InChI=1S/C10H16N2O5S/c13-8(5-17-6-9(14)15)12-10(16)11-4-7-2-1-3-18-7/h7H,1-6H2,(H,14,15)(H2,11,12,13,16). The number of hydrogen-bond donors (Lipinski definition) is 3. The highest BCUT2D eigenvalue weighted by atomic mass is 32.2. The SMILES string of the molecule is O=C(O)COCC(=O)NC(=O)NCC1CCCS1. The van der Waals surface area contributed by atoms with Gasteiger partial charge in [0.05, 0.1) is 0 Å². The van der Waals surface area contributed by atoms with Crippen molar-refractivity contribution in [1.29, 1.82) is 0 Å². The van der Waals surface area contributed by atoms with Gasteiger partial charge in [-0.1, -0.05) is 0 Å². The number of imide groups is 1. The second-order valence-electron chi connectivity index (χ2n) is 3.78. The summed E-state index contributed by atoms with van der Waals surface area (Å²) in [6, 6.07) is -0.577. The van der Waals surface area contributed by atoms with Crippen LogP contribution < -0.4 is 10.6 Å². The maximum Gasteiger partial charge on any atom is 0.329 e. The first-order chi connectivity index (χ1) is 8.58. The fourth-order valence-corrected chi connectivity index (χ4v) is 2.65. The average Bonchev–Trinajstić information content (AvgIpc) is 2.78. The van der Waals surface area contributed by atoms with E-state index >= 15 is 0 Å². The van der Waals surface area contributed by atoms with Crippen molar-refractivity contribution in [2.24, 2.45) is 0 Å². The van der Waals surface area contributed by atoms with Crippen LogP contribution >= 0.6 is 11.8 Å². The zero-order valence-electron chi connectivity index (χ0n) is 9.81. The number of rotatable bonds is 6. The van der Waals surface area contributed by atoms with Gasteiger partial charge >= 0.3 is 12.0 Å². The molecule has 18 heavy (non-hydrogen) atoms. The molecule has 0 aromatic heterocycles. The van der Waals surface area contributed by atoms with Crippen LogP contribution in [0, 0.1) is 0 Å². The zero-order valence-corrected chi connectivity index (χ0v) is 10.6. The number of carbonyl (C=O) groups excluding carboxylic acids is 2. The van der Waals surface area contributed by atoms with E-state index in [9.17, 15) is 14.4 Å². The summed E-state index contributed by atoms with van der Waals surface area (Å²) in [7, 11) is 0. The van der Waals surface area contributed by atoms with Gasteiger partial charge in [-0.05, 0) is 18.6 Å². The van der Waals surface area contributed by atoms with Gasteiger partial charge in [0.2, 0.25) is 0 Å². The highest BCUT2D eigenvalue weighted by Gasteiger charge is 2.16. The Bertz CT molecular complexity index is 317. The molecule has 1 saturated heterocycles. The topological polar surface area (TPSA) is 105 Å². The Kier molecular flexibility index (Phi) is 6.51. The van der Waals surface area contributed by atoms with Crippen LogP contribution in [0.5, 0.6) is 0 Å². The third-order valence-corrected chi connectivity index (χ3v) is 3.62. The molecule has 1 atom stereocenters. The number of urea groups is 1. The lowest BCUT2D eigenvalue weighted by atomic mass is 10.2. The van der Waals surface area contributed by atoms with Crippen molar-refractivity contribution in [2.45, 2.75) is 18.1 Å². The fraction of sp³-hybridized carbons (Fsp3) is 0.700. The molecule has 8 heteroatoms. The van der Waals surface area contributed by atoms with Crippen molar-refractivity contribution in [1.82, 2.24) is 10.6 Å². The summed E-state index contributed by atoms with van der Waals surface area (Å²) in [6.07, 6.45) is 2.22. The minimum Gasteiger partial charge on any atom is -0.480 e. The monoisotopic (exact) mass is 276 g/mol. The van der Waals surface area contributed by atoms with E-state index in [0.29, 0.717) is 11.8 Å². The molecule has 102 valence electrons. The summed E-state index contributed by atoms with van der Waals surface area (Å²) in [5, 5.41) is 13.3. The van der Waals surface area contributed by atoms with Gasteiger partial charge in [0, 0.05) is 11.8 Å². The van der Waals surface area contributed by atoms with E-state index < -0.39 is 31.1 Å². The van der Waals surface area contributed by atoms with Crippen molar-refractivity contribution in [3.63, 3.8) is 0 Å². The van der Waals surface area contributed by atoms with E-state index in [4.69, 9.17) is 5.11 Å². The van der Waals surface area contributed by atoms with Crippen molar-refractivity contribution in [3.8, 4) is 0 Å². The number of amides is 3. The molecule has 1 fully saturated rings. The van der Waals surface area contributed by atoms with Crippen molar-refractivity contribution >= 4 is 29.7 Å². The average molecular weight is 276 g/mol. The zero-order chi connectivity index (χ0) is 13.4. The van der Waals surface area contributed by atoms with Gasteiger partial charge in [-0.2, -0.15) is 11.8 Å². The molecule has 3 N–H and O–H groups in total. The molecule has 0 radical (unpaired) electrons. The maximum absolute atomic E-state index is 11.3. The molecule has 7 nitrogen and oxygen atoms in total. The molecule has 3 amide bonds. The molecule has 1 aliphatic heterocycles. The van der Waals surface area contributed by atoms with Crippen LogP contribution in [0.3, 0.4) is 0 Å². The van der Waals surface area contributed by atoms with Crippen LogP contribution in [0.25, 0.3) is 0 Å². The Morgan fingerprint density at radius 3 is 2.72 bits per heavy atom. The van der Waals surface area contributed by atoms with Gasteiger partial charge in [0.1, 0.15) is 13.2 Å². The third-order valence-electron chi connectivity index (χ3n) is 2.23. The quantitative estimate of drug-likeness (QED) is 0.621. The first-order valence-electron chi connectivity index (χ1n) is 5.56. The number of carboxylic acids is 1. The van der Waals surface area contributed by atoms with Gasteiger partial charge in [-0.3, -0.25) is 10.1 Å². The smallest absolute Gasteiger partial charge is 0.329 e. The largest absolute Gasteiger partial charge is 0.480 e. The summed E-state index contributed by atoms with van der Waals surface area (Å²) in [5.74, 6) is -0.714. The first kappa shape index (κ1) is 14.8. The second-order valence-corrected chi connectivity index (χ2v) is 5.19.